The monoisotopic (exact) mass is 530 g/mol. The lowest BCUT2D eigenvalue weighted by Gasteiger charge is -2.24. The molecule has 2 rings (SSSR count). The Morgan fingerprint density at radius 2 is 1.84 bits per heavy atom. The minimum atomic E-state index is -5.93. The molecule has 0 saturated carbocycles. The number of aliphatic hydroxyl groups excluding tert-OH is 1. The summed E-state index contributed by atoms with van der Waals surface area (Å²) in [6.45, 7) is 0. The quantitative estimate of drug-likeness (QED) is 0.154. The van der Waals surface area contributed by atoms with E-state index >= 15 is 4.39 Å². The molecule has 0 radical (unpaired) electrons. The summed E-state index contributed by atoms with van der Waals surface area (Å²) in [5.74, 6) is -0.0361. The van der Waals surface area contributed by atoms with Crippen molar-refractivity contribution in [1.29, 1.82) is 0 Å². The highest BCUT2D eigenvalue weighted by Gasteiger charge is 2.60. The molecule has 174 valence electrons. The van der Waals surface area contributed by atoms with Gasteiger partial charge in [0.2, 0.25) is 17.8 Å². The van der Waals surface area contributed by atoms with E-state index in [0.29, 0.717) is 10.8 Å². The first kappa shape index (κ1) is 26.1. The SMILES string of the molecule is C#CC1(F)[C@@H](O)[C@@H](OP(=O)(O)OP(=O)(O)OP(=O)(O)O)O[C@H]1n1cc(F)c(=O)[nH]c1=S. The Balaban J connectivity index is 2.35. The highest BCUT2D eigenvalue weighted by molar-refractivity contribution is 7.71. The highest BCUT2D eigenvalue weighted by Crippen LogP contribution is 2.67. The van der Waals surface area contributed by atoms with Crippen LogP contribution in [-0.4, -0.2) is 52.3 Å². The molecule has 1 aromatic heterocycles. The van der Waals surface area contributed by atoms with Gasteiger partial charge < -0.3 is 29.4 Å². The van der Waals surface area contributed by atoms with Gasteiger partial charge in [-0.3, -0.25) is 18.9 Å². The van der Waals surface area contributed by atoms with Crippen molar-refractivity contribution in [2.24, 2.45) is 0 Å². The molecule has 0 spiro atoms. The third-order valence-corrected chi connectivity index (χ3v) is 7.48. The number of hydrogen-bond acceptors (Lipinski definition) is 10. The highest BCUT2D eigenvalue weighted by atomic mass is 32.1. The summed E-state index contributed by atoms with van der Waals surface area (Å²) in [6.07, 6.45) is -2.08. The fourth-order valence-electron chi connectivity index (χ4n) is 2.22. The van der Waals surface area contributed by atoms with Crippen LogP contribution in [0.5, 0.6) is 0 Å². The number of phosphoric acid groups is 3. The second-order valence-corrected chi connectivity index (χ2v) is 10.3. The van der Waals surface area contributed by atoms with Crippen LogP contribution >= 0.6 is 35.7 Å². The Kier molecular flexibility index (Phi) is 7.29. The molecular weight excluding hydrogens is 519 g/mol. The van der Waals surface area contributed by atoms with Crippen molar-refractivity contribution in [2.45, 2.75) is 24.3 Å². The van der Waals surface area contributed by atoms with E-state index in [2.05, 4.69) is 13.1 Å². The summed E-state index contributed by atoms with van der Waals surface area (Å²) >= 11 is 4.71. The summed E-state index contributed by atoms with van der Waals surface area (Å²) < 4.78 is 78.3. The number of halogens is 2. The van der Waals surface area contributed by atoms with Gasteiger partial charge in [0, 0.05) is 0 Å². The predicted molar refractivity (Wildman–Crippen MR) is 93.4 cm³/mol. The number of H-pyrrole nitrogens is 1. The maximum Gasteiger partial charge on any atom is 0.490 e. The van der Waals surface area contributed by atoms with Gasteiger partial charge in [-0.15, -0.1) is 6.42 Å². The van der Waals surface area contributed by atoms with Gasteiger partial charge in [-0.1, -0.05) is 5.92 Å². The first-order valence-electron chi connectivity index (χ1n) is 7.24. The molecule has 1 aromatic rings. The average molecular weight is 530 g/mol. The predicted octanol–water partition coefficient (Wildman–Crippen LogP) is -0.0544. The zero-order valence-electron chi connectivity index (χ0n) is 14.3. The summed E-state index contributed by atoms with van der Waals surface area (Å²) in [7, 11) is -17.5. The Labute approximate surface area is 174 Å². The van der Waals surface area contributed by atoms with Crippen LogP contribution in [-0.2, 0) is 31.6 Å². The fraction of sp³-hybridized carbons (Fsp3) is 0.400. The van der Waals surface area contributed by atoms with E-state index < -0.39 is 63.9 Å². The Bertz CT molecular complexity index is 1180. The Hall–Kier alpha value is -1.15. The van der Waals surface area contributed by atoms with Crippen molar-refractivity contribution in [3.8, 4) is 12.3 Å². The van der Waals surface area contributed by atoms with Crippen molar-refractivity contribution in [3.05, 3.63) is 27.1 Å². The topological polar surface area (TPSA) is 227 Å². The molecule has 1 saturated heterocycles. The van der Waals surface area contributed by atoms with Crippen molar-refractivity contribution < 1.29 is 65.0 Å². The molecule has 0 aromatic carbocycles. The first-order chi connectivity index (χ1) is 13.9. The number of hydrogen-bond donors (Lipinski definition) is 6. The summed E-state index contributed by atoms with van der Waals surface area (Å²) in [5.41, 5.74) is -4.63. The van der Waals surface area contributed by atoms with E-state index in [1.54, 1.807) is 4.98 Å². The third-order valence-electron chi connectivity index (χ3n) is 3.36. The van der Waals surface area contributed by atoms with E-state index in [1.165, 1.54) is 5.92 Å². The molecule has 1 aliphatic rings. The van der Waals surface area contributed by atoms with Crippen LogP contribution < -0.4 is 5.56 Å². The molecule has 0 amide bonds. The molecule has 0 aliphatic carbocycles. The number of rotatable bonds is 7. The number of nitrogens with zero attached hydrogens (tertiary/aromatic N) is 1. The normalized spacial score (nSPS) is 30.3. The van der Waals surface area contributed by atoms with Crippen molar-refractivity contribution in [1.82, 2.24) is 9.55 Å². The Morgan fingerprint density at radius 3 is 2.35 bits per heavy atom. The van der Waals surface area contributed by atoms with Crippen LogP contribution in [0.4, 0.5) is 8.78 Å². The van der Waals surface area contributed by atoms with Crippen LogP contribution in [0.2, 0.25) is 0 Å². The largest absolute Gasteiger partial charge is 0.490 e. The summed E-state index contributed by atoms with van der Waals surface area (Å²) in [5, 5.41) is 10.0. The van der Waals surface area contributed by atoms with E-state index in [-0.39, 0.29) is 0 Å². The standard InChI is InChI=1S/C10H11F2N2O13P3S/c1-2-10(12)5(15)7(24-8(10)14-3-4(11)6(16)13-9(14)31)25-29(20,21)27-30(22,23)26-28(17,18)19/h1,3,5,7-8,15H,(H,20,21)(H,22,23)(H,13,16,31)(H2,17,18,19)/t5-,7+,8+,10?/m0/s1. The number of ether oxygens (including phenoxy) is 1. The van der Waals surface area contributed by atoms with Crippen molar-refractivity contribution >= 4 is 35.7 Å². The molecule has 1 fully saturated rings. The summed E-state index contributed by atoms with van der Waals surface area (Å²) in [4.78, 5) is 48.6. The third kappa shape index (κ3) is 6.01. The maximum atomic E-state index is 15.2. The molecule has 6 N–H and O–H groups in total. The number of nitrogens with one attached hydrogen (secondary N) is 1. The van der Waals surface area contributed by atoms with E-state index in [1.807, 2.05) is 0 Å². The number of phosphoric ester groups is 1. The first-order valence-corrected chi connectivity index (χ1v) is 12.2. The number of aliphatic hydroxyl groups is 1. The lowest BCUT2D eigenvalue weighted by molar-refractivity contribution is -0.135. The van der Waals surface area contributed by atoms with Gasteiger partial charge >= 0.3 is 23.5 Å². The second kappa shape index (κ2) is 8.65. The van der Waals surface area contributed by atoms with E-state index in [0.717, 1.165) is 0 Å². The minimum Gasteiger partial charge on any atom is -0.383 e. The minimum absolute atomic E-state index is 0.345. The number of aromatic nitrogens is 2. The molecular formula is C10H11F2N2O13P3S. The van der Waals surface area contributed by atoms with Crippen LogP contribution in [0.15, 0.2) is 11.0 Å². The lowest BCUT2D eigenvalue weighted by atomic mass is 10.00. The number of alkyl halides is 1. The smallest absolute Gasteiger partial charge is 0.383 e. The van der Waals surface area contributed by atoms with Crippen molar-refractivity contribution in [3.63, 3.8) is 0 Å². The summed E-state index contributed by atoms with van der Waals surface area (Å²) in [6, 6.07) is 0. The molecule has 2 heterocycles. The second-order valence-electron chi connectivity index (χ2n) is 5.55. The number of terminal acetylenes is 1. The van der Waals surface area contributed by atoms with Gasteiger partial charge in [-0.25, -0.2) is 18.1 Å². The van der Waals surface area contributed by atoms with Gasteiger partial charge in [-0.05, 0) is 12.2 Å². The van der Waals surface area contributed by atoms with Gasteiger partial charge in [0.25, 0.3) is 5.56 Å². The molecule has 31 heavy (non-hydrogen) atoms. The lowest BCUT2D eigenvalue weighted by Crippen LogP contribution is -2.42. The molecule has 21 heteroatoms. The molecule has 6 atom stereocenters. The Morgan fingerprint density at radius 1 is 1.26 bits per heavy atom. The van der Waals surface area contributed by atoms with Crippen LogP contribution in [0.25, 0.3) is 0 Å². The molecule has 3 unspecified atom stereocenters. The fourth-order valence-corrected chi connectivity index (χ4v) is 5.55. The number of aromatic amines is 1. The molecule has 1 aliphatic heterocycles. The van der Waals surface area contributed by atoms with Gasteiger partial charge in [-0.2, -0.15) is 13.0 Å². The van der Waals surface area contributed by atoms with Crippen LogP contribution in [0, 0.1) is 22.9 Å². The van der Waals surface area contributed by atoms with Gasteiger partial charge in [0.15, 0.2) is 17.1 Å². The zero-order chi connectivity index (χ0) is 24.0. The van der Waals surface area contributed by atoms with Gasteiger partial charge in [0.05, 0.1) is 6.20 Å². The van der Waals surface area contributed by atoms with Crippen LogP contribution in [0.3, 0.4) is 0 Å². The van der Waals surface area contributed by atoms with Crippen LogP contribution in [0.1, 0.15) is 6.23 Å². The van der Waals surface area contributed by atoms with E-state index in [9.17, 15) is 32.9 Å². The molecule has 15 nitrogen and oxygen atoms in total. The average Bonchev–Trinajstić information content (AvgIpc) is 2.79. The van der Waals surface area contributed by atoms with E-state index in [4.69, 9.17) is 38.1 Å². The maximum absolute atomic E-state index is 15.2. The van der Waals surface area contributed by atoms with Gasteiger partial charge in [0.1, 0.15) is 0 Å². The van der Waals surface area contributed by atoms with Crippen molar-refractivity contribution in [2.75, 3.05) is 0 Å². The zero-order valence-corrected chi connectivity index (χ0v) is 17.8. The molecule has 0 bridgehead atoms.